The van der Waals surface area contributed by atoms with Gasteiger partial charge in [0.25, 0.3) is 0 Å². The molecule has 0 amide bonds. The van der Waals surface area contributed by atoms with Crippen molar-refractivity contribution >= 4 is 21.8 Å². The standard InChI is InChI=1S/C23H20FN7O/c1-29-12-18(16-10-15(24)4-6-19(16)29)22-27-28-23(32)31(22)21-13-30(8-2-7-25)20-5-3-14(11-26)9-17(20)21/h3-6,9-10,12-13H,2,7-8,25H2,1H3,(H,28,32). The van der Waals surface area contributed by atoms with E-state index in [2.05, 4.69) is 16.3 Å². The summed E-state index contributed by atoms with van der Waals surface area (Å²) in [6.07, 6.45) is 4.46. The number of nitrogens with one attached hydrogen (secondary N) is 1. The first-order chi connectivity index (χ1) is 15.5. The lowest BCUT2D eigenvalue weighted by atomic mass is 10.1. The van der Waals surface area contributed by atoms with Crippen molar-refractivity contribution in [3.63, 3.8) is 0 Å². The fraction of sp³-hybridized carbons (Fsp3) is 0.174. The lowest BCUT2D eigenvalue weighted by molar-refractivity contribution is 0.629. The third-order valence-electron chi connectivity index (χ3n) is 5.70. The number of aromatic nitrogens is 5. The van der Waals surface area contributed by atoms with Crippen molar-refractivity contribution in [3.8, 4) is 23.1 Å². The van der Waals surface area contributed by atoms with Crippen LogP contribution in [0, 0.1) is 17.1 Å². The molecule has 0 unspecified atom stereocenters. The highest BCUT2D eigenvalue weighted by atomic mass is 19.1. The van der Waals surface area contributed by atoms with Gasteiger partial charge < -0.3 is 14.9 Å². The summed E-state index contributed by atoms with van der Waals surface area (Å²) in [4.78, 5) is 12.9. The van der Waals surface area contributed by atoms with Crippen LogP contribution in [-0.2, 0) is 13.6 Å². The molecule has 0 radical (unpaired) electrons. The zero-order valence-electron chi connectivity index (χ0n) is 17.3. The van der Waals surface area contributed by atoms with Crippen molar-refractivity contribution in [2.45, 2.75) is 13.0 Å². The van der Waals surface area contributed by atoms with Gasteiger partial charge in [0.05, 0.1) is 22.8 Å². The maximum Gasteiger partial charge on any atom is 0.348 e. The minimum atomic E-state index is -0.423. The molecule has 0 aliphatic carbocycles. The molecule has 0 atom stereocenters. The number of nitrogens with two attached hydrogens (primary N) is 1. The Bertz CT molecular complexity index is 1580. The first kappa shape index (κ1) is 19.8. The van der Waals surface area contributed by atoms with E-state index in [0.29, 0.717) is 41.1 Å². The third-order valence-corrected chi connectivity index (χ3v) is 5.70. The zero-order valence-corrected chi connectivity index (χ0v) is 17.3. The predicted octanol–water partition coefficient (Wildman–Crippen LogP) is 3.03. The summed E-state index contributed by atoms with van der Waals surface area (Å²) < 4.78 is 19.4. The van der Waals surface area contributed by atoms with Crippen LogP contribution in [0.4, 0.5) is 4.39 Å². The van der Waals surface area contributed by atoms with Crippen LogP contribution in [0.2, 0.25) is 0 Å². The molecule has 0 bridgehead atoms. The van der Waals surface area contributed by atoms with Crippen LogP contribution >= 0.6 is 0 Å². The van der Waals surface area contributed by atoms with Gasteiger partial charge in [0.1, 0.15) is 5.82 Å². The third kappa shape index (κ3) is 3.01. The molecular weight excluding hydrogens is 409 g/mol. The fourth-order valence-corrected chi connectivity index (χ4v) is 4.22. The normalized spacial score (nSPS) is 11.4. The first-order valence-electron chi connectivity index (χ1n) is 10.2. The summed E-state index contributed by atoms with van der Waals surface area (Å²) in [6.45, 7) is 1.20. The highest BCUT2D eigenvalue weighted by molar-refractivity contribution is 5.96. The molecule has 3 aromatic heterocycles. The number of hydrogen-bond acceptors (Lipinski definition) is 4. The molecule has 5 rings (SSSR count). The Morgan fingerprint density at radius 2 is 1.97 bits per heavy atom. The van der Waals surface area contributed by atoms with Gasteiger partial charge in [-0.2, -0.15) is 10.4 Å². The molecule has 9 heteroatoms. The average Bonchev–Trinajstić information content (AvgIpc) is 3.44. The Morgan fingerprint density at radius 1 is 1.16 bits per heavy atom. The van der Waals surface area contributed by atoms with E-state index >= 15 is 0 Å². The monoisotopic (exact) mass is 429 g/mol. The molecule has 0 spiro atoms. The quantitative estimate of drug-likeness (QED) is 0.447. The van der Waals surface area contributed by atoms with Crippen LogP contribution in [0.3, 0.4) is 0 Å². The Morgan fingerprint density at radius 3 is 2.75 bits per heavy atom. The van der Waals surface area contributed by atoms with Gasteiger partial charge in [-0.1, -0.05) is 0 Å². The number of nitriles is 1. The highest BCUT2D eigenvalue weighted by Gasteiger charge is 2.21. The number of aromatic amines is 1. The smallest absolute Gasteiger partial charge is 0.348 e. The Hall–Kier alpha value is -4.16. The lowest BCUT2D eigenvalue weighted by Crippen LogP contribution is -2.15. The molecule has 0 saturated carbocycles. The summed E-state index contributed by atoms with van der Waals surface area (Å²) in [5, 5.41) is 17.6. The molecule has 3 heterocycles. The molecule has 3 N–H and O–H groups in total. The van der Waals surface area contributed by atoms with Gasteiger partial charge in [0, 0.05) is 47.8 Å². The summed E-state index contributed by atoms with van der Waals surface area (Å²) in [5.41, 5.74) is 8.69. The van der Waals surface area contributed by atoms with Crippen LogP contribution in [0.15, 0.2) is 53.6 Å². The van der Waals surface area contributed by atoms with Crippen molar-refractivity contribution in [1.29, 1.82) is 5.26 Å². The Balaban J connectivity index is 1.80. The molecule has 0 aliphatic rings. The van der Waals surface area contributed by atoms with E-state index in [-0.39, 0.29) is 5.82 Å². The zero-order chi connectivity index (χ0) is 22.4. The van der Waals surface area contributed by atoms with Gasteiger partial charge >= 0.3 is 5.69 Å². The van der Waals surface area contributed by atoms with Gasteiger partial charge in [-0.3, -0.25) is 0 Å². The maximum absolute atomic E-state index is 14.0. The van der Waals surface area contributed by atoms with Gasteiger partial charge in [-0.05, 0) is 49.4 Å². The van der Waals surface area contributed by atoms with E-state index < -0.39 is 5.69 Å². The number of nitrogens with zero attached hydrogens (tertiary/aromatic N) is 5. The van der Waals surface area contributed by atoms with Crippen LogP contribution in [-0.4, -0.2) is 30.4 Å². The van der Waals surface area contributed by atoms with Crippen LogP contribution in [0.5, 0.6) is 0 Å². The number of fused-ring (bicyclic) bond motifs is 2. The molecule has 5 aromatic rings. The second-order valence-corrected chi connectivity index (χ2v) is 7.70. The summed E-state index contributed by atoms with van der Waals surface area (Å²) in [7, 11) is 1.86. The highest BCUT2D eigenvalue weighted by Crippen LogP contribution is 2.32. The number of aryl methyl sites for hydroxylation is 2. The lowest BCUT2D eigenvalue weighted by Gasteiger charge is -2.04. The van der Waals surface area contributed by atoms with Crippen LogP contribution in [0.25, 0.3) is 38.9 Å². The molecule has 0 saturated heterocycles. The minimum absolute atomic E-state index is 0.367. The average molecular weight is 429 g/mol. The topological polar surface area (TPSA) is 110 Å². The summed E-state index contributed by atoms with van der Waals surface area (Å²) in [6, 6.07) is 12.1. The predicted molar refractivity (Wildman–Crippen MR) is 120 cm³/mol. The molecule has 32 heavy (non-hydrogen) atoms. The van der Waals surface area contributed by atoms with E-state index in [0.717, 1.165) is 22.8 Å². The van der Waals surface area contributed by atoms with E-state index in [1.807, 2.05) is 34.6 Å². The molecule has 0 aliphatic heterocycles. The van der Waals surface area contributed by atoms with Crippen molar-refractivity contribution < 1.29 is 4.39 Å². The van der Waals surface area contributed by atoms with Crippen LogP contribution in [0.1, 0.15) is 12.0 Å². The van der Waals surface area contributed by atoms with Crippen molar-refractivity contribution in [2.75, 3.05) is 6.54 Å². The van der Waals surface area contributed by atoms with Crippen molar-refractivity contribution in [3.05, 3.63) is 70.7 Å². The maximum atomic E-state index is 14.0. The van der Waals surface area contributed by atoms with E-state index in [1.165, 1.54) is 16.7 Å². The van der Waals surface area contributed by atoms with Crippen molar-refractivity contribution in [2.24, 2.45) is 12.8 Å². The number of rotatable bonds is 5. The largest absolute Gasteiger partial charge is 0.350 e. The molecular formula is C23H20FN7O. The second kappa shape index (κ2) is 7.51. The SMILES string of the molecule is Cn1cc(-c2n[nH]c(=O)n2-c2cn(CCCN)c3ccc(C#N)cc23)c2cc(F)ccc21. The number of hydrogen-bond donors (Lipinski definition) is 2. The van der Waals surface area contributed by atoms with Gasteiger partial charge in [-0.15, -0.1) is 0 Å². The number of halogens is 1. The van der Waals surface area contributed by atoms with Gasteiger partial charge in [0.2, 0.25) is 0 Å². The summed E-state index contributed by atoms with van der Waals surface area (Å²) in [5.74, 6) is -0.00197. The van der Waals surface area contributed by atoms with Gasteiger partial charge in [-0.25, -0.2) is 18.9 Å². The first-order valence-corrected chi connectivity index (χ1v) is 10.2. The number of H-pyrrole nitrogens is 1. The molecule has 160 valence electrons. The Kier molecular flexibility index (Phi) is 4.64. The van der Waals surface area contributed by atoms with Gasteiger partial charge in [0.15, 0.2) is 5.82 Å². The minimum Gasteiger partial charge on any atom is -0.350 e. The Labute approximate surface area is 181 Å². The van der Waals surface area contributed by atoms with E-state index in [1.54, 1.807) is 18.2 Å². The molecule has 0 fully saturated rings. The van der Waals surface area contributed by atoms with E-state index in [4.69, 9.17) is 5.73 Å². The number of benzene rings is 2. The molecule has 2 aromatic carbocycles. The summed E-state index contributed by atoms with van der Waals surface area (Å²) >= 11 is 0. The van der Waals surface area contributed by atoms with E-state index in [9.17, 15) is 14.4 Å². The second-order valence-electron chi connectivity index (χ2n) is 7.70. The fourth-order valence-electron chi connectivity index (χ4n) is 4.22. The van der Waals surface area contributed by atoms with Crippen LogP contribution < -0.4 is 11.4 Å². The molecule has 8 nitrogen and oxygen atoms in total. The van der Waals surface area contributed by atoms with Crippen molar-refractivity contribution in [1.82, 2.24) is 23.9 Å².